The summed E-state index contributed by atoms with van der Waals surface area (Å²) in [5, 5.41) is 16.5. The minimum atomic E-state index is -0.294. The van der Waals surface area contributed by atoms with Crippen molar-refractivity contribution in [2.45, 2.75) is 6.42 Å². The van der Waals surface area contributed by atoms with Crippen molar-refractivity contribution in [3.8, 4) is 22.6 Å². The number of nitrogens with zero attached hydrogens (tertiary/aromatic N) is 3. The van der Waals surface area contributed by atoms with Gasteiger partial charge in [0.1, 0.15) is 11.5 Å². The molecule has 0 atom stereocenters. The van der Waals surface area contributed by atoms with Crippen LogP contribution in [0.4, 0.5) is 10.1 Å². The van der Waals surface area contributed by atoms with Crippen LogP contribution in [-0.4, -0.2) is 65.3 Å². The quantitative estimate of drug-likeness (QED) is 0.247. The molecule has 7 nitrogen and oxygen atoms in total. The Morgan fingerprint density at radius 2 is 1.86 bits per heavy atom. The number of likely N-dealkylation sites (N-methyl/N-ethyl adjacent to an activating group) is 1. The van der Waals surface area contributed by atoms with E-state index in [-0.39, 0.29) is 5.82 Å². The Morgan fingerprint density at radius 1 is 0.973 bits per heavy atom. The van der Waals surface area contributed by atoms with E-state index in [1.54, 1.807) is 6.20 Å². The highest BCUT2D eigenvalue weighted by molar-refractivity contribution is 6.00. The zero-order valence-corrected chi connectivity index (χ0v) is 21.0. The van der Waals surface area contributed by atoms with Gasteiger partial charge in [0.15, 0.2) is 0 Å². The van der Waals surface area contributed by atoms with Gasteiger partial charge in [0.05, 0.1) is 16.9 Å². The van der Waals surface area contributed by atoms with Crippen LogP contribution in [0.2, 0.25) is 0 Å². The molecule has 6 rings (SSSR count). The molecule has 37 heavy (non-hydrogen) atoms. The molecule has 0 saturated carbocycles. The molecule has 0 aliphatic carbocycles. The van der Waals surface area contributed by atoms with Crippen molar-refractivity contribution in [2.75, 3.05) is 45.6 Å². The number of H-pyrrole nitrogens is 2. The van der Waals surface area contributed by atoms with Crippen molar-refractivity contribution in [3.05, 3.63) is 72.2 Å². The molecule has 1 aliphatic rings. The van der Waals surface area contributed by atoms with Crippen molar-refractivity contribution in [3.63, 3.8) is 0 Å². The summed E-state index contributed by atoms with van der Waals surface area (Å²) >= 11 is 0. The lowest BCUT2D eigenvalue weighted by Crippen LogP contribution is -2.20. The molecular weight excluding hydrogens is 465 g/mol. The molecule has 5 aromatic rings. The summed E-state index contributed by atoms with van der Waals surface area (Å²) in [7, 11) is 4.03. The van der Waals surface area contributed by atoms with E-state index in [1.165, 1.54) is 23.3 Å². The molecule has 4 heterocycles. The average molecular weight is 496 g/mol. The summed E-state index contributed by atoms with van der Waals surface area (Å²) in [4.78, 5) is 10.2. The number of pyridine rings is 1. The molecule has 3 aromatic heterocycles. The molecule has 188 valence electrons. The summed E-state index contributed by atoms with van der Waals surface area (Å²) in [6.07, 6.45) is 5.03. The van der Waals surface area contributed by atoms with Crippen molar-refractivity contribution < 1.29 is 4.39 Å². The molecule has 8 heteroatoms. The van der Waals surface area contributed by atoms with Crippen LogP contribution >= 0.6 is 0 Å². The fourth-order valence-electron chi connectivity index (χ4n) is 4.97. The van der Waals surface area contributed by atoms with Crippen molar-refractivity contribution in [2.24, 2.45) is 0 Å². The Balaban J connectivity index is 1.39. The van der Waals surface area contributed by atoms with Gasteiger partial charge in [-0.15, -0.1) is 0 Å². The van der Waals surface area contributed by atoms with Gasteiger partial charge in [-0.1, -0.05) is 12.1 Å². The SMILES string of the molecule is CN(C)CCNc1cc(F)cc(-c2nccc3[nH]c(-c4n[nH]c5ccc(C6=CCNCC6)cc45)cc23)c1. The zero-order chi connectivity index (χ0) is 25.4. The van der Waals surface area contributed by atoms with Crippen molar-refractivity contribution in [1.82, 2.24) is 30.4 Å². The highest BCUT2D eigenvalue weighted by Gasteiger charge is 2.16. The van der Waals surface area contributed by atoms with Gasteiger partial charge in [-0.25, -0.2) is 4.39 Å². The molecule has 0 unspecified atom stereocenters. The third-order valence-corrected chi connectivity index (χ3v) is 6.86. The first-order chi connectivity index (χ1) is 18.0. The number of hydrogen-bond acceptors (Lipinski definition) is 5. The van der Waals surface area contributed by atoms with Gasteiger partial charge in [-0.2, -0.15) is 5.10 Å². The minimum Gasteiger partial charge on any atom is -0.384 e. The predicted molar refractivity (Wildman–Crippen MR) is 149 cm³/mol. The van der Waals surface area contributed by atoms with Crippen LogP contribution in [0.5, 0.6) is 0 Å². The summed E-state index contributed by atoms with van der Waals surface area (Å²) in [6.45, 7) is 3.47. The van der Waals surface area contributed by atoms with E-state index in [2.05, 4.69) is 66.0 Å². The topological polar surface area (TPSA) is 84.7 Å². The second-order valence-electron chi connectivity index (χ2n) is 9.78. The number of halogens is 1. The smallest absolute Gasteiger partial charge is 0.125 e. The van der Waals surface area contributed by atoms with Crippen LogP contribution in [0.1, 0.15) is 12.0 Å². The second-order valence-corrected chi connectivity index (χ2v) is 9.78. The van der Waals surface area contributed by atoms with E-state index in [1.807, 2.05) is 26.2 Å². The predicted octanol–water partition coefficient (Wildman–Crippen LogP) is 5.26. The van der Waals surface area contributed by atoms with Crippen LogP contribution in [-0.2, 0) is 0 Å². The number of anilines is 1. The average Bonchev–Trinajstić information content (AvgIpc) is 3.52. The van der Waals surface area contributed by atoms with E-state index in [9.17, 15) is 4.39 Å². The van der Waals surface area contributed by atoms with Crippen LogP contribution in [0.15, 0.2) is 60.8 Å². The van der Waals surface area contributed by atoms with Gasteiger partial charge in [0.2, 0.25) is 0 Å². The Hall–Kier alpha value is -4.01. The third kappa shape index (κ3) is 4.73. The fourth-order valence-corrected chi connectivity index (χ4v) is 4.97. The second kappa shape index (κ2) is 9.80. The number of aromatic nitrogens is 4. The maximum atomic E-state index is 14.6. The molecule has 0 spiro atoms. The van der Waals surface area contributed by atoms with E-state index in [0.29, 0.717) is 0 Å². The summed E-state index contributed by atoms with van der Waals surface area (Å²) < 4.78 is 14.6. The maximum absolute atomic E-state index is 14.6. The summed E-state index contributed by atoms with van der Waals surface area (Å²) in [5.74, 6) is -0.294. The highest BCUT2D eigenvalue weighted by atomic mass is 19.1. The lowest BCUT2D eigenvalue weighted by atomic mass is 9.98. The molecule has 0 saturated heterocycles. The van der Waals surface area contributed by atoms with E-state index < -0.39 is 0 Å². The molecule has 0 radical (unpaired) electrons. The van der Waals surface area contributed by atoms with Gasteiger partial charge in [-0.05, 0) is 80.7 Å². The Kier molecular flexibility index (Phi) is 6.20. The minimum absolute atomic E-state index is 0.294. The Morgan fingerprint density at radius 3 is 2.70 bits per heavy atom. The molecule has 0 bridgehead atoms. The first-order valence-corrected chi connectivity index (χ1v) is 12.6. The lowest BCUT2D eigenvalue weighted by molar-refractivity contribution is 0.425. The van der Waals surface area contributed by atoms with Crippen molar-refractivity contribution in [1.29, 1.82) is 0 Å². The molecule has 1 aliphatic heterocycles. The zero-order valence-electron chi connectivity index (χ0n) is 21.0. The number of hydrogen-bond donors (Lipinski definition) is 4. The lowest BCUT2D eigenvalue weighted by Gasteiger charge is -2.14. The van der Waals surface area contributed by atoms with Crippen LogP contribution in [0, 0.1) is 5.82 Å². The number of nitrogens with one attached hydrogen (secondary N) is 4. The van der Waals surface area contributed by atoms with Gasteiger partial charge in [0, 0.05) is 53.4 Å². The van der Waals surface area contributed by atoms with Gasteiger partial charge in [-0.3, -0.25) is 10.1 Å². The summed E-state index contributed by atoms with van der Waals surface area (Å²) in [6, 6.07) is 15.5. The summed E-state index contributed by atoms with van der Waals surface area (Å²) in [5.41, 5.74) is 8.46. The van der Waals surface area contributed by atoms with E-state index >= 15 is 0 Å². The Bertz CT molecular complexity index is 1610. The molecule has 0 amide bonds. The van der Waals surface area contributed by atoms with Gasteiger partial charge in [0.25, 0.3) is 0 Å². The Labute approximate surface area is 214 Å². The molecular formula is C29H30FN7. The number of benzene rings is 2. The highest BCUT2D eigenvalue weighted by Crippen LogP contribution is 2.35. The van der Waals surface area contributed by atoms with Gasteiger partial charge < -0.3 is 20.5 Å². The van der Waals surface area contributed by atoms with Crippen molar-refractivity contribution >= 4 is 33.1 Å². The first-order valence-electron chi connectivity index (χ1n) is 12.6. The van der Waals surface area contributed by atoms with Crippen LogP contribution in [0.3, 0.4) is 0 Å². The van der Waals surface area contributed by atoms with Crippen LogP contribution in [0.25, 0.3) is 50.0 Å². The third-order valence-electron chi connectivity index (χ3n) is 6.86. The molecule has 4 N–H and O–H groups in total. The normalized spacial score (nSPS) is 14.0. The van der Waals surface area contributed by atoms with Gasteiger partial charge >= 0.3 is 0 Å². The van der Waals surface area contributed by atoms with E-state index in [4.69, 9.17) is 0 Å². The standard InChI is InChI=1S/C29H30FN7/c1-37(2)12-11-32-22-14-20(13-21(30)16-22)28-24-17-27(34-25(24)7-10-33-28)29-23-15-19(3-4-26(23)35-36-29)18-5-8-31-9-6-18/h3-5,7,10,13-17,31-32,34H,6,8-9,11-12H2,1-2H3,(H,35,36). The fraction of sp³-hybridized carbons (Fsp3) is 0.241. The number of aromatic amines is 2. The monoisotopic (exact) mass is 495 g/mol. The maximum Gasteiger partial charge on any atom is 0.125 e. The largest absolute Gasteiger partial charge is 0.384 e. The number of fused-ring (bicyclic) bond motifs is 2. The molecule has 2 aromatic carbocycles. The number of rotatable bonds is 7. The first kappa shape index (κ1) is 23.4. The van der Waals surface area contributed by atoms with Crippen LogP contribution < -0.4 is 10.6 Å². The van der Waals surface area contributed by atoms with E-state index in [0.717, 1.165) is 82.7 Å². The molecule has 0 fully saturated rings.